The first-order valence-corrected chi connectivity index (χ1v) is 13.1. The molecule has 4 rings (SSSR count). The first kappa shape index (κ1) is 28.2. The molecule has 38 heavy (non-hydrogen) atoms. The summed E-state index contributed by atoms with van der Waals surface area (Å²) in [4.78, 5) is 49.0. The number of nitrogens with two attached hydrogens (primary N) is 1. The van der Waals surface area contributed by atoms with E-state index < -0.39 is 36.1 Å². The summed E-state index contributed by atoms with van der Waals surface area (Å²) in [5.41, 5.74) is 6.15. The number of likely N-dealkylation sites (tertiary alicyclic amines) is 1. The minimum absolute atomic E-state index is 0.00251. The number of hydrogen-bond donors (Lipinski definition) is 3. The Morgan fingerprint density at radius 3 is 2.61 bits per heavy atom. The van der Waals surface area contributed by atoms with Crippen LogP contribution >= 0.6 is 0 Å². The lowest BCUT2D eigenvalue weighted by Crippen LogP contribution is -2.62. The number of nitrogens with one attached hydrogen (secondary N) is 2. The molecule has 0 bridgehead atoms. The van der Waals surface area contributed by atoms with E-state index in [1.807, 2.05) is 4.90 Å². The van der Waals surface area contributed by atoms with Gasteiger partial charge in [-0.05, 0) is 26.6 Å². The highest BCUT2D eigenvalue weighted by molar-refractivity contribution is 5.96. The molecule has 5 atom stereocenters. The van der Waals surface area contributed by atoms with Crippen molar-refractivity contribution in [1.82, 2.24) is 25.0 Å². The van der Waals surface area contributed by atoms with Crippen LogP contribution in [-0.2, 0) is 9.59 Å². The predicted molar refractivity (Wildman–Crippen MR) is 138 cm³/mol. The van der Waals surface area contributed by atoms with E-state index >= 15 is 4.39 Å². The van der Waals surface area contributed by atoms with Gasteiger partial charge in [0.2, 0.25) is 11.8 Å². The maximum absolute atomic E-state index is 15.1. The molecule has 3 saturated heterocycles. The van der Waals surface area contributed by atoms with E-state index in [9.17, 15) is 18.9 Å². The van der Waals surface area contributed by atoms with Crippen LogP contribution in [0.15, 0.2) is 17.6 Å². The van der Waals surface area contributed by atoms with Gasteiger partial charge >= 0.3 is 0 Å². The SMILES string of the molecule is CCN1CCC(C(=O)N2CCN(c3c(F)cncc3NC(=O)C(C(N)N=O)C3NCC(F)CN3C)CC2)C1. The van der Waals surface area contributed by atoms with Gasteiger partial charge in [-0.2, -0.15) is 0 Å². The molecule has 0 radical (unpaired) electrons. The third-order valence-electron chi connectivity index (χ3n) is 7.75. The quantitative estimate of drug-likeness (QED) is 0.392. The summed E-state index contributed by atoms with van der Waals surface area (Å²) < 4.78 is 28.9. The Bertz CT molecular complexity index is 1010. The van der Waals surface area contributed by atoms with Gasteiger partial charge in [0.1, 0.15) is 17.8 Å². The number of nitrogens with zero attached hydrogens (tertiary/aromatic N) is 6. The number of anilines is 2. The van der Waals surface area contributed by atoms with Crippen LogP contribution in [0.3, 0.4) is 0 Å². The van der Waals surface area contributed by atoms with Crippen LogP contribution in [0.2, 0.25) is 0 Å². The van der Waals surface area contributed by atoms with Crippen LogP contribution in [0.25, 0.3) is 0 Å². The molecule has 12 nitrogen and oxygen atoms in total. The number of carbonyl (C=O) groups excluding carboxylic acids is 2. The molecule has 1 aromatic rings. The van der Waals surface area contributed by atoms with E-state index in [1.54, 1.807) is 16.8 Å². The molecular weight excluding hydrogens is 500 g/mol. The maximum Gasteiger partial charge on any atom is 0.234 e. The van der Waals surface area contributed by atoms with E-state index in [0.717, 1.165) is 32.3 Å². The lowest BCUT2D eigenvalue weighted by Gasteiger charge is -2.40. The number of halogens is 2. The molecule has 3 aliphatic rings. The van der Waals surface area contributed by atoms with Crippen molar-refractivity contribution in [2.45, 2.75) is 31.8 Å². The summed E-state index contributed by atoms with van der Waals surface area (Å²) in [6, 6.07) is 0. The largest absolute Gasteiger partial charge is 0.364 e. The molecule has 2 amide bonds. The third-order valence-corrected chi connectivity index (χ3v) is 7.75. The van der Waals surface area contributed by atoms with Crippen molar-refractivity contribution in [3.05, 3.63) is 23.1 Å². The van der Waals surface area contributed by atoms with Gasteiger partial charge in [-0.25, -0.2) is 8.78 Å². The molecule has 3 aliphatic heterocycles. The molecule has 4 heterocycles. The van der Waals surface area contributed by atoms with Gasteiger partial charge in [0.25, 0.3) is 0 Å². The molecule has 0 spiro atoms. The van der Waals surface area contributed by atoms with E-state index in [0.29, 0.717) is 26.2 Å². The van der Waals surface area contributed by atoms with Gasteiger partial charge < -0.3 is 25.8 Å². The molecule has 1 aromatic heterocycles. The van der Waals surface area contributed by atoms with Crippen LogP contribution in [0.4, 0.5) is 20.2 Å². The molecule has 14 heteroatoms. The number of pyridine rings is 1. The van der Waals surface area contributed by atoms with Crippen molar-refractivity contribution in [1.29, 1.82) is 0 Å². The number of aromatic nitrogens is 1. The summed E-state index contributed by atoms with van der Waals surface area (Å²) in [6.07, 6.45) is -0.0486. The number of piperazine rings is 1. The summed E-state index contributed by atoms with van der Waals surface area (Å²) in [5, 5.41) is 8.42. The van der Waals surface area contributed by atoms with Gasteiger partial charge in [-0.3, -0.25) is 24.8 Å². The molecule has 0 aliphatic carbocycles. The summed E-state index contributed by atoms with van der Waals surface area (Å²) in [5.74, 6) is -2.34. The first-order chi connectivity index (χ1) is 18.2. The van der Waals surface area contributed by atoms with Gasteiger partial charge in [-0.1, -0.05) is 12.1 Å². The van der Waals surface area contributed by atoms with Crippen LogP contribution in [-0.4, -0.2) is 116 Å². The molecule has 0 saturated carbocycles. The normalized spacial score (nSPS) is 26.7. The van der Waals surface area contributed by atoms with E-state index in [1.165, 1.54) is 6.20 Å². The zero-order valence-corrected chi connectivity index (χ0v) is 21.9. The van der Waals surface area contributed by atoms with Crippen molar-refractivity contribution in [2.75, 3.05) is 76.2 Å². The molecule has 0 aromatic carbocycles. The van der Waals surface area contributed by atoms with Gasteiger partial charge in [0.15, 0.2) is 12.0 Å². The highest BCUT2D eigenvalue weighted by Gasteiger charge is 2.40. The highest BCUT2D eigenvalue weighted by Crippen LogP contribution is 2.31. The molecule has 3 fully saturated rings. The van der Waals surface area contributed by atoms with Gasteiger partial charge in [0, 0.05) is 45.8 Å². The number of rotatable bonds is 8. The minimum atomic E-state index is -1.41. The maximum atomic E-state index is 15.1. The Morgan fingerprint density at radius 1 is 1.24 bits per heavy atom. The standard InChI is InChI=1S/C24H37F2N9O3/c1-3-33-5-4-15(13-33)24(37)35-8-6-34(7-9-35)20-17(26)11-28-12-18(20)30-23(36)19(21(27)31-38)22-29-10-16(25)14-32(22)2/h11-12,15-16,19,21-22,29H,3-10,13-14,27H2,1-2H3,(H,30,36). The summed E-state index contributed by atoms with van der Waals surface area (Å²) in [7, 11) is 1.61. The molecule has 4 N–H and O–H groups in total. The average Bonchev–Trinajstić information content (AvgIpc) is 3.39. The summed E-state index contributed by atoms with van der Waals surface area (Å²) >= 11 is 0. The van der Waals surface area contributed by atoms with Crippen molar-refractivity contribution in [3.63, 3.8) is 0 Å². The fourth-order valence-corrected chi connectivity index (χ4v) is 5.63. The van der Waals surface area contributed by atoms with Crippen molar-refractivity contribution in [2.24, 2.45) is 22.7 Å². The monoisotopic (exact) mass is 537 g/mol. The Morgan fingerprint density at radius 2 is 1.97 bits per heavy atom. The third kappa shape index (κ3) is 6.08. The van der Waals surface area contributed by atoms with E-state index in [4.69, 9.17) is 5.73 Å². The van der Waals surface area contributed by atoms with E-state index in [-0.39, 0.29) is 36.3 Å². The second-order valence-electron chi connectivity index (χ2n) is 10.2. The fraction of sp³-hybridized carbons (Fsp3) is 0.708. The van der Waals surface area contributed by atoms with Gasteiger partial charge in [0.05, 0.1) is 30.2 Å². The Balaban J connectivity index is 1.46. The van der Waals surface area contributed by atoms with Crippen molar-refractivity contribution < 1.29 is 18.4 Å². The second kappa shape index (κ2) is 12.4. The van der Waals surface area contributed by atoms with Crippen LogP contribution in [0.5, 0.6) is 0 Å². The number of hydrogen-bond acceptors (Lipinski definition) is 10. The van der Waals surface area contributed by atoms with Gasteiger partial charge in [-0.15, -0.1) is 4.91 Å². The smallest absolute Gasteiger partial charge is 0.234 e. The highest BCUT2D eigenvalue weighted by atomic mass is 19.1. The molecule has 5 unspecified atom stereocenters. The van der Waals surface area contributed by atoms with Crippen LogP contribution < -0.4 is 21.3 Å². The average molecular weight is 538 g/mol. The van der Waals surface area contributed by atoms with Crippen LogP contribution in [0, 0.1) is 22.6 Å². The van der Waals surface area contributed by atoms with Crippen molar-refractivity contribution >= 4 is 23.2 Å². The minimum Gasteiger partial charge on any atom is -0.364 e. The topological polar surface area (TPSA) is 140 Å². The number of amides is 2. The van der Waals surface area contributed by atoms with Crippen molar-refractivity contribution in [3.8, 4) is 0 Å². The Hall–Kier alpha value is -2.81. The Labute approximate surface area is 220 Å². The zero-order chi connectivity index (χ0) is 27.4. The number of alkyl halides is 1. The summed E-state index contributed by atoms with van der Waals surface area (Å²) in [6.45, 7) is 6.36. The fourth-order valence-electron chi connectivity index (χ4n) is 5.63. The lowest BCUT2D eigenvalue weighted by atomic mass is 9.98. The number of carbonyl (C=O) groups is 2. The second-order valence-corrected chi connectivity index (χ2v) is 10.2. The molecular formula is C24H37F2N9O3. The van der Waals surface area contributed by atoms with E-state index in [2.05, 4.69) is 32.6 Å². The predicted octanol–water partition coefficient (Wildman–Crippen LogP) is 0.0162. The van der Waals surface area contributed by atoms with Crippen LogP contribution in [0.1, 0.15) is 13.3 Å². The first-order valence-electron chi connectivity index (χ1n) is 13.1. The number of nitroso groups, excluding NO2 is 1. The Kier molecular flexibility index (Phi) is 9.18. The zero-order valence-electron chi connectivity index (χ0n) is 21.9. The molecule has 210 valence electrons. The lowest BCUT2D eigenvalue weighted by molar-refractivity contribution is -0.135.